The number of carbonyl (C=O) groups is 2. The molecule has 6 rings (SSSR count). The summed E-state index contributed by atoms with van der Waals surface area (Å²) in [5.41, 5.74) is 2.56. The molecule has 0 bridgehead atoms. The van der Waals surface area contributed by atoms with Gasteiger partial charge in [0, 0.05) is 69.0 Å². The normalized spacial score (nSPS) is 20.3. The van der Waals surface area contributed by atoms with Gasteiger partial charge in [-0.05, 0) is 50.3 Å². The van der Waals surface area contributed by atoms with Crippen molar-refractivity contribution in [2.45, 2.75) is 38.1 Å². The zero-order valence-corrected chi connectivity index (χ0v) is 21.7. The van der Waals surface area contributed by atoms with Crippen molar-refractivity contribution < 1.29 is 14.3 Å². The van der Waals surface area contributed by atoms with Crippen LogP contribution in [0, 0.1) is 11.8 Å². The molecule has 3 fully saturated rings. The Morgan fingerprint density at radius 3 is 2.38 bits per heavy atom. The van der Waals surface area contributed by atoms with Crippen LogP contribution in [0.25, 0.3) is 11.1 Å². The lowest BCUT2D eigenvalue weighted by Gasteiger charge is -2.41. The average molecular weight is 502 g/mol. The van der Waals surface area contributed by atoms with Crippen LogP contribution >= 0.6 is 0 Å². The third-order valence-corrected chi connectivity index (χ3v) is 8.07. The number of carbonyl (C=O) groups excluding carboxylic acids is 2. The standard InChI is InChI=1S/C29H35N5O3/c1-3-32(14-15-37-2)25-11-10-24(16-30-25)21-4-6-22(7-5-21)26-31-29(12-13-29)28(36)34(26)19-20-17-33(18-20)27(35)23-8-9-23/h4-7,10-11,16,20,23H,3,8-9,12-15,17-19H2,1-2H3. The van der Waals surface area contributed by atoms with E-state index in [0.717, 1.165) is 80.2 Å². The second kappa shape index (κ2) is 9.56. The molecule has 0 atom stereocenters. The number of likely N-dealkylation sites (N-methyl/N-ethyl adjacent to an activating group) is 1. The first kappa shape index (κ1) is 24.1. The largest absolute Gasteiger partial charge is 0.383 e. The number of anilines is 1. The third-order valence-electron chi connectivity index (χ3n) is 8.07. The molecule has 194 valence electrons. The van der Waals surface area contributed by atoms with E-state index in [-0.39, 0.29) is 11.8 Å². The molecule has 8 nitrogen and oxygen atoms in total. The van der Waals surface area contributed by atoms with E-state index in [0.29, 0.717) is 25.0 Å². The van der Waals surface area contributed by atoms with E-state index in [9.17, 15) is 9.59 Å². The maximum atomic E-state index is 13.3. The third kappa shape index (κ3) is 4.63. The summed E-state index contributed by atoms with van der Waals surface area (Å²) in [6, 6.07) is 12.4. The maximum Gasteiger partial charge on any atom is 0.256 e. The molecule has 0 N–H and O–H groups in total. The number of aromatic nitrogens is 1. The second-order valence-corrected chi connectivity index (χ2v) is 10.8. The van der Waals surface area contributed by atoms with Gasteiger partial charge in [0.15, 0.2) is 0 Å². The fourth-order valence-corrected chi connectivity index (χ4v) is 5.40. The Morgan fingerprint density at radius 2 is 1.78 bits per heavy atom. The quantitative estimate of drug-likeness (QED) is 0.500. The number of pyridine rings is 1. The molecule has 2 aliphatic carbocycles. The van der Waals surface area contributed by atoms with Crippen LogP contribution in [0.3, 0.4) is 0 Å². The lowest BCUT2D eigenvalue weighted by atomic mass is 9.98. The van der Waals surface area contributed by atoms with Crippen LogP contribution in [0.4, 0.5) is 5.82 Å². The lowest BCUT2D eigenvalue weighted by molar-refractivity contribution is -0.139. The van der Waals surface area contributed by atoms with E-state index in [1.54, 1.807) is 7.11 Å². The smallest absolute Gasteiger partial charge is 0.256 e. The zero-order valence-electron chi connectivity index (χ0n) is 21.7. The monoisotopic (exact) mass is 501 g/mol. The molecule has 2 aliphatic heterocycles. The molecule has 1 aromatic carbocycles. The van der Waals surface area contributed by atoms with Crippen LogP contribution in [-0.4, -0.2) is 84.4 Å². The van der Waals surface area contributed by atoms with E-state index >= 15 is 0 Å². The van der Waals surface area contributed by atoms with E-state index in [1.807, 2.05) is 16.0 Å². The zero-order chi connectivity index (χ0) is 25.6. The molecule has 3 heterocycles. The van der Waals surface area contributed by atoms with Crippen molar-refractivity contribution in [1.29, 1.82) is 0 Å². The number of rotatable bonds is 10. The molecule has 1 aromatic heterocycles. The Hall–Kier alpha value is -3.26. The Morgan fingerprint density at radius 1 is 1.08 bits per heavy atom. The van der Waals surface area contributed by atoms with E-state index in [4.69, 9.17) is 9.73 Å². The Kier molecular flexibility index (Phi) is 6.23. The predicted molar refractivity (Wildman–Crippen MR) is 142 cm³/mol. The molecule has 8 heteroatoms. The van der Waals surface area contributed by atoms with Crippen LogP contribution in [0.15, 0.2) is 47.6 Å². The van der Waals surface area contributed by atoms with Crippen LogP contribution in [0.5, 0.6) is 0 Å². The Balaban J connectivity index is 1.14. The molecule has 2 aromatic rings. The number of ether oxygens (including phenoxy) is 1. The van der Waals surface area contributed by atoms with E-state index in [2.05, 4.69) is 53.2 Å². The highest BCUT2D eigenvalue weighted by molar-refractivity contribution is 6.16. The van der Waals surface area contributed by atoms with Crippen molar-refractivity contribution in [3.05, 3.63) is 48.2 Å². The first-order chi connectivity index (χ1) is 18.0. The second-order valence-electron chi connectivity index (χ2n) is 10.8. The number of benzene rings is 1. The van der Waals surface area contributed by atoms with Crippen LogP contribution in [-0.2, 0) is 14.3 Å². The van der Waals surface area contributed by atoms with Crippen LogP contribution in [0.1, 0.15) is 38.2 Å². The van der Waals surface area contributed by atoms with Crippen molar-refractivity contribution in [3.8, 4) is 11.1 Å². The molecule has 1 saturated heterocycles. The van der Waals surface area contributed by atoms with Crippen LogP contribution in [0.2, 0.25) is 0 Å². The van der Waals surface area contributed by atoms with E-state index < -0.39 is 5.54 Å². The van der Waals surface area contributed by atoms with Gasteiger partial charge >= 0.3 is 0 Å². The molecule has 2 saturated carbocycles. The number of nitrogens with zero attached hydrogens (tertiary/aromatic N) is 5. The topological polar surface area (TPSA) is 78.3 Å². The minimum Gasteiger partial charge on any atom is -0.383 e. The molecule has 1 spiro atoms. The summed E-state index contributed by atoms with van der Waals surface area (Å²) in [7, 11) is 1.71. The summed E-state index contributed by atoms with van der Waals surface area (Å²) in [5, 5.41) is 0. The van der Waals surface area contributed by atoms with Gasteiger partial charge in [-0.25, -0.2) is 4.98 Å². The highest BCUT2D eigenvalue weighted by Crippen LogP contribution is 2.46. The van der Waals surface area contributed by atoms with Gasteiger partial charge in [0.1, 0.15) is 17.2 Å². The minimum absolute atomic E-state index is 0.132. The molecule has 37 heavy (non-hydrogen) atoms. The highest BCUT2D eigenvalue weighted by Gasteiger charge is 2.57. The van der Waals surface area contributed by atoms with E-state index in [1.165, 1.54) is 0 Å². The lowest BCUT2D eigenvalue weighted by Crippen LogP contribution is -2.55. The number of methoxy groups -OCH3 is 1. The first-order valence-corrected chi connectivity index (χ1v) is 13.5. The number of amides is 2. The van der Waals surface area contributed by atoms with Gasteiger partial charge in [-0.2, -0.15) is 0 Å². The van der Waals surface area contributed by atoms with Crippen molar-refractivity contribution >= 4 is 23.5 Å². The van der Waals surface area contributed by atoms with Crippen molar-refractivity contribution in [2.24, 2.45) is 16.8 Å². The van der Waals surface area contributed by atoms with Gasteiger partial charge in [0.25, 0.3) is 5.91 Å². The molecule has 0 radical (unpaired) electrons. The van der Waals surface area contributed by atoms with Gasteiger partial charge in [-0.1, -0.05) is 24.3 Å². The molecular formula is C29H35N5O3. The maximum absolute atomic E-state index is 13.3. The summed E-state index contributed by atoms with van der Waals surface area (Å²) < 4.78 is 5.21. The van der Waals surface area contributed by atoms with Crippen LogP contribution < -0.4 is 4.90 Å². The number of hydrogen-bond acceptors (Lipinski definition) is 6. The van der Waals surface area contributed by atoms with Gasteiger partial charge in [0.2, 0.25) is 5.91 Å². The average Bonchev–Trinajstić information content (AvgIpc) is 3.83. The van der Waals surface area contributed by atoms with Crippen molar-refractivity contribution in [3.63, 3.8) is 0 Å². The van der Waals surface area contributed by atoms with Gasteiger partial charge < -0.3 is 14.5 Å². The fourth-order valence-electron chi connectivity index (χ4n) is 5.40. The molecule has 4 aliphatic rings. The molecular weight excluding hydrogens is 466 g/mol. The fraction of sp³-hybridized carbons (Fsp3) is 0.517. The number of amidine groups is 1. The summed E-state index contributed by atoms with van der Waals surface area (Å²) in [4.78, 5) is 41.2. The van der Waals surface area contributed by atoms with Gasteiger partial charge in [-0.3, -0.25) is 19.5 Å². The first-order valence-electron chi connectivity index (χ1n) is 13.5. The van der Waals surface area contributed by atoms with Crippen molar-refractivity contribution in [2.75, 3.05) is 51.3 Å². The SMILES string of the molecule is CCN(CCOC)c1ccc(-c2ccc(C3=NC4(CC4)C(=O)N3CC3CN(C(=O)C4CC4)C3)cc2)cn1. The summed E-state index contributed by atoms with van der Waals surface area (Å²) >= 11 is 0. The predicted octanol–water partition coefficient (Wildman–Crippen LogP) is 3.21. The summed E-state index contributed by atoms with van der Waals surface area (Å²) in [6.07, 6.45) is 5.64. The van der Waals surface area contributed by atoms with Crippen molar-refractivity contribution in [1.82, 2.24) is 14.8 Å². The number of aliphatic imine (C=N–C) groups is 1. The summed E-state index contributed by atoms with van der Waals surface area (Å²) in [5.74, 6) is 2.73. The van der Waals surface area contributed by atoms with Gasteiger partial charge in [-0.15, -0.1) is 0 Å². The minimum atomic E-state index is -0.533. The van der Waals surface area contributed by atoms with Gasteiger partial charge in [0.05, 0.1) is 6.61 Å². The Labute approximate surface area is 218 Å². The Bertz CT molecular complexity index is 1200. The number of likely N-dealkylation sites (tertiary alicyclic amines) is 1. The molecule has 0 unspecified atom stereocenters. The highest BCUT2D eigenvalue weighted by atomic mass is 16.5. The number of hydrogen-bond donors (Lipinski definition) is 0. The summed E-state index contributed by atoms with van der Waals surface area (Å²) in [6.45, 7) is 6.61. The molecule has 2 amide bonds.